The molecule has 0 aliphatic heterocycles. The average Bonchev–Trinajstić information content (AvgIpc) is 2.34. The molecule has 2 heteroatoms. The van der Waals surface area contributed by atoms with Crippen LogP contribution in [0.1, 0.15) is 11.3 Å². The minimum atomic E-state index is 0.887. The van der Waals surface area contributed by atoms with Crippen LogP contribution in [0.15, 0.2) is 17.5 Å². The van der Waals surface area contributed by atoms with Crippen molar-refractivity contribution in [3.05, 3.63) is 22.4 Å². The van der Waals surface area contributed by atoms with E-state index in [0.717, 1.165) is 12.2 Å². The Morgan fingerprint density at radius 1 is 1.56 bits per heavy atom. The van der Waals surface area contributed by atoms with E-state index in [-0.39, 0.29) is 0 Å². The summed E-state index contributed by atoms with van der Waals surface area (Å²) in [6.45, 7) is 0. The van der Waals surface area contributed by atoms with E-state index in [0.29, 0.717) is 0 Å². The molecule has 0 amide bonds. The van der Waals surface area contributed by atoms with Crippen molar-refractivity contribution in [2.45, 2.75) is 12.8 Å². The van der Waals surface area contributed by atoms with E-state index in [1.165, 1.54) is 11.3 Å². The van der Waals surface area contributed by atoms with Crippen molar-refractivity contribution in [1.82, 2.24) is 0 Å². The van der Waals surface area contributed by atoms with Crippen molar-refractivity contribution in [1.29, 1.82) is 0 Å². The zero-order valence-electron chi connectivity index (χ0n) is 5.17. The Labute approximate surface area is 65.3 Å². The minimum Gasteiger partial charge on any atom is -0.149 e. The van der Waals surface area contributed by atoms with Crippen LogP contribution in [0.2, 0.25) is 0 Å². The number of thiophene rings is 1. The van der Waals surface area contributed by atoms with Crippen LogP contribution in [0.3, 0.4) is 0 Å². The molecule has 0 spiro atoms. The molecule has 1 radical (unpaired) electrons. The quantitative estimate of drug-likeness (QED) is 0.633. The standard InChI is InChI=1S/C7H9S2/c8-5-1-3-7-4-2-6-9-7/h2,4,6H,1,3,5H2. The van der Waals surface area contributed by atoms with Crippen molar-refractivity contribution < 1.29 is 0 Å². The zero-order valence-corrected chi connectivity index (χ0v) is 6.80. The first kappa shape index (κ1) is 7.16. The zero-order chi connectivity index (χ0) is 6.53. The van der Waals surface area contributed by atoms with Crippen LogP contribution in [0, 0.1) is 0 Å². The van der Waals surface area contributed by atoms with Crippen LogP contribution in [-0.4, -0.2) is 5.75 Å². The highest BCUT2D eigenvalue weighted by atomic mass is 32.1. The first-order valence-corrected chi connectivity index (χ1v) is 4.49. The molecule has 0 unspecified atom stereocenters. The van der Waals surface area contributed by atoms with E-state index >= 15 is 0 Å². The molecule has 0 aromatic carbocycles. The Kier molecular flexibility index (Phi) is 3.15. The molecule has 9 heavy (non-hydrogen) atoms. The molecule has 0 nitrogen and oxygen atoms in total. The van der Waals surface area contributed by atoms with Gasteiger partial charge in [0.25, 0.3) is 0 Å². The lowest BCUT2D eigenvalue weighted by atomic mass is 10.3. The fourth-order valence-corrected chi connectivity index (χ4v) is 1.60. The second-order valence-corrected chi connectivity index (χ2v) is 3.33. The van der Waals surface area contributed by atoms with Gasteiger partial charge >= 0.3 is 0 Å². The first-order chi connectivity index (χ1) is 4.43. The monoisotopic (exact) mass is 157 g/mol. The highest BCUT2D eigenvalue weighted by molar-refractivity contribution is 7.80. The number of hydrogen-bond donors (Lipinski definition) is 0. The number of hydrogen-bond acceptors (Lipinski definition) is 1. The molecule has 0 saturated heterocycles. The molecule has 0 aliphatic carbocycles. The summed E-state index contributed by atoms with van der Waals surface area (Å²) in [6, 6.07) is 4.25. The molecule has 0 N–H and O–H groups in total. The van der Waals surface area contributed by atoms with Gasteiger partial charge in [0, 0.05) is 10.6 Å². The van der Waals surface area contributed by atoms with E-state index in [9.17, 15) is 0 Å². The maximum absolute atomic E-state index is 4.83. The van der Waals surface area contributed by atoms with Gasteiger partial charge in [-0.1, -0.05) is 18.7 Å². The molecular weight excluding hydrogens is 148 g/mol. The topological polar surface area (TPSA) is 0 Å². The van der Waals surface area contributed by atoms with E-state index in [1.54, 1.807) is 0 Å². The molecule has 0 saturated carbocycles. The average molecular weight is 157 g/mol. The predicted octanol–water partition coefficient (Wildman–Crippen LogP) is 2.88. The molecule has 1 aromatic heterocycles. The Bertz CT molecular complexity index is 144. The summed E-state index contributed by atoms with van der Waals surface area (Å²) >= 11 is 6.65. The lowest BCUT2D eigenvalue weighted by Crippen LogP contribution is -1.79. The van der Waals surface area contributed by atoms with Crippen LogP contribution in [0.4, 0.5) is 0 Å². The Hall–Kier alpha value is 0.0500. The fraction of sp³-hybridized carbons (Fsp3) is 0.429. The molecule has 1 aromatic rings. The van der Waals surface area contributed by atoms with Crippen molar-refractivity contribution in [2.24, 2.45) is 0 Å². The van der Waals surface area contributed by atoms with E-state index in [2.05, 4.69) is 17.5 Å². The van der Waals surface area contributed by atoms with E-state index in [1.807, 2.05) is 11.3 Å². The second kappa shape index (κ2) is 3.96. The van der Waals surface area contributed by atoms with Gasteiger partial charge in [0.05, 0.1) is 0 Å². The van der Waals surface area contributed by atoms with Gasteiger partial charge in [-0.15, -0.1) is 11.3 Å². The van der Waals surface area contributed by atoms with Crippen LogP contribution < -0.4 is 0 Å². The van der Waals surface area contributed by atoms with Gasteiger partial charge in [0.2, 0.25) is 0 Å². The van der Waals surface area contributed by atoms with Crippen molar-refractivity contribution in [3.63, 3.8) is 0 Å². The third-order valence-corrected chi connectivity index (χ3v) is 2.37. The molecule has 0 fully saturated rings. The Balaban J connectivity index is 2.30. The van der Waals surface area contributed by atoms with E-state index < -0.39 is 0 Å². The molecule has 1 heterocycles. The summed E-state index contributed by atoms with van der Waals surface area (Å²) in [4.78, 5) is 1.46. The van der Waals surface area contributed by atoms with E-state index in [4.69, 9.17) is 12.6 Å². The second-order valence-electron chi connectivity index (χ2n) is 1.89. The largest absolute Gasteiger partial charge is 0.149 e. The fourth-order valence-electron chi connectivity index (χ4n) is 0.701. The summed E-state index contributed by atoms with van der Waals surface area (Å²) in [5.41, 5.74) is 0. The van der Waals surface area contributed by atoms with Gasteiger partial charge in [-0.2, -0.15) is 0 Å². The normalized spacial score (nSPS) is 9.89. The van der Waals surface area contributed by atoms with Crippen LogP contribution in [0.25, 0.3) is 0 Å². The summed E-state index contributed by atoms with van der Waals surface area (Å²) in [5, 5.41) is 2.11. The summed E-state index contributed by atoms with van der Waals surface area (Å²) in [7, 11) is 0. The van der Waals surface area contributed by atoms with Crippen LogP contribution in [0.5, 0.6) is 0 Å². The summed E-state index contributed by atoms with van der Waals surface area (Å²) in [5.74, 6) is 0.887. The number of rotatable bonds is 3. The lowest BCUT2D eigenvalue weighted by Gasteiger charge is -1.89. The highest BCUT2D eigenvalue weighted by Gasteiger charge is 1.90. The number of aryl methyl sites for hydroxylation is 1. The predicted molar refractivity (Wildman–Crippen MR) is 45.1 cm³/mol. The van der Waals surface area contributed by atoms with Gasteiger partial charge in [-0.05, 0) is 24.3 Å². The molecular formula is C7H9S2. The molecule has 49 valence electrons. The smallest absolute Gasteiger partial charge is 0.00455 e. The minimum absolute atomic E-state index is 0.887. The summed E-state index contributed by atoms with van der Waals surface area (Å²) in [6.07, 6.45) is 2.32. The third kappa shape index (κ3) is 2.41. The van der Waals surface area contributed by atoms with Gasteiger partial charge in [-0.3, -0.25) is 0 Å². The van der Waals surface area contributed by atoms with Crippen molar-refractivity contribution in [2.75, 3.05) is 5.75 Å². The van der Waals surface area contributed by atoms with Crippen molar-refractivity contribution >= 4 is 24.0 Å². The Morgan fingerprint density at radius 3 is 3.00 bits per heavy atom. The van der Waals surface area contributed by atoms with Crippen LogP contribution in [-0.2, 0) is 6.42 Å². The van der Waals surface area contributed by atoms with Crippen LogP contribution >= 0.6 is 24.0 Å². The molecule has 0 atom stereocenters. The third-order valence-electron chi connectivity index (χ3n) is 1.15. The van der Waals surface area contributed by atoms with Gasteiger partial charge in [0.1, 0.15) is 0 Å². The maximum atomic E-state index is 4.83. The van der Waals surface area contributed by atoms with Gasteiger partial charge < -0.3 is 0 Å². The highest BCUT2D eigenvalue weighted by Crippen LogP contribution is 2.10. The first-order valence-electron chi connectivity index (χ1n) is 3.04. The van der Waals surface area contributed by atoms with Gasteiger partial charge in [0.15, 0.2) is 0 Å². The lowest BCUT2D eigenvalue weighted by molar-refractivity contribution is 0.955. The Morgan fingerprint density at radius 2 is 2.44 bits per heavy atom. The van der Waals surface area contributed by atoms with Crippen molar-refractivity contribution in [3.8, 4) is 0 Å². The molecule has 0 bridgehead atoms. The van der Waals surface area contributed by atoms with Gasteiger partial charge in [-0.25, -0.2) is 0 Å². The maximum Gasteiger partial charge on any atom is 0.00455 e. The SMILES string of the molecule is [S]CCCc1cccs1. The molecule has 1 rings (SSSR count). The summed E-state index contributed by atoms with van der Waals surface area (Å²) < 4.78 is 0. The molecule has 0 aliphatic rings.